The second-order valence-corrected chi connectivity index (χ2v) is 7.62. The van der Waals surface area contributed by atoms with Crippen LogP contribution in [0.2, 0.25) is 5.02 Å². The summed E-state index contributed by atoms with van der Waals surface area (Å²) < 4.78 is 7.60. The molecule has 0 saturated heterocycles. The lowest BCUT2D eigenvalue weighted by molar-refractivity contribution is -0.118. The maximum absolute atomic E-state index is 13.1. The van der Waals surface area contributed by atoms with Crippen LogP contribution < -0.4 is 27.2 Å². The third-order valence-corrected chi connectivity index (χ3v) is 4.94. The number of primary amides is 1. The van der Waals surface area contributed by atoms with Crippen LogP contribution in [0.15, 0.2) is 82.5 Å². The molecule has 0 aliphatic heterocycles. The number of nitrogens with one attached hydrogen (secondary N) is 1. The van der Waals surface area contributed by atoms with Gasteiger partial charge in [-0.1, -0.05) is 29.8 Å². The highest BCUT2D eigenvalue weighted by Crippen LogP contribution is 2.22. The number of carbonyl (C=O) groups excluding carboxylic acids is 1. The molecule has 0 atom stereocenters. The van der Waals surface area contributed by atoms with Gasteiger partial charge in [0.1, 0.15) is 12.3 Å². The van der Waals surface area contributed by atoms with Gasteiger partial charge in [0.2, 0.25) is 17.7 Å². The number of carbonyl (C=O) groups is 1. The first kappa shape index (κ1) is 22.7. The van der Waals surface area contributed by atoms with Crippen LogP contribution in [0.4, 0.5) is 11.6 Å². The summed E-state index contributed by atoms with van der Waals surface area (Å²) in [4.78, 5) is 44.9. The number of amides is 1. The quantitative estimate of drug-likeness (QED) is 0.397. The summed E-state index contributed by atoms with van der Waals surface area (Å²) in [7, 11) is 0. The molecular formula is C23H19ClN6O4. The van der Waals surface area contributed by atoms with E-state index in [0.29, 0.717) is 26.9 Å². The lowest BCUT2D eigenvalue weighted by Crippen LogP contribution is -2.45. The van der Waals surface area contributed by atoms with Crippen LogP contribution in [-0.2, 0) is 17.9 Å². The van der Waals surface area contributed by atoms with Crippen molar-refractivity contribution in [2.24, 2.45) is 5.73 Å². The van der Waals surface area contributed by atoms with E-state index in [4.69, 9.17) is 22.1 Å². The van der Waals surface area contributed by atoms with Gasteiger partial charge in [-0.3, -0.25) is 9.36 Å². The topological polar surface area (TPSA) is 134 Å². The van der Waals surface area contributed by atoms with E-state index in [9.17, 15) is 14.4 Å². The van der Waals surface area contributed by atoms with Crippen molar-refractivity contribution in [3.05, 3.63) is 104 Å². The number of nitrogens with two attached hydrogens (primary N) is 1. The molecular weight excluding hydrogens is 460 g/mol. The summed E-state index contributed by atoms with van der Waals surface area (Å²) in [5, 5.41) is 3.52. The summed E-state index contributed by atoms with van der Waals surface area (Å²) >= 11 is 5.95. The SMILES string of the molecule is NC(=O)Cn1c(=O)nc(Nc2ccc(Oc3ccccn3)cc2)n(Cc2ccc(Cl)cc2)c1=O. The van der Waals surface area contributed by atoms with Gasteiger partial charge in [0.25, 0.3) is 0 Å². The second kappa shape index (κ2) is 10.0. The Balaban J connectivity index is 1.65. The Morgan fingerprint density at radius 1 is 1.00 bits per heavy atom. The van der Waals surface area contributed by atoms with Crippen LogP contribution in [0.1, 0.15) is 5.56 Å². The molecule has 2 aromatic carbocycles. The van der Waals surface area contributed by atoms with Crippen molar-refractivity contribution in [2.75, 3.05) is 5.32 Å². The summed E-state index contributed by atoms with van der Waals surface area (Å²) in [6, 6.07) is 19.0. The molecule has 0 spiro atoms. The Morgan fingerprint density at radius 2 is 1.74 bits per heavy atom. The van der Waals surface area contributed by atoms with Crippen molar-refractivity contribution in [3.63, 3.8) is 0 Å². The van der Waals surface area contributed by atoms with Gasteiger partial charge in [0, 0.05) is 23.0 Å². The van der Waals surface area contributed by atoms with Crippen molar-refractivity contribution in [1.29, 1.82) is 0 Å². The minimum absolute atomic E-state index is 0.00376. The summed E-state index contributed by atoms with van der Waals surface area (Å²) in [5.41, 5.74) is 4.86. The molecule has 2 aromatic heterocycles. The summed E-state index contributed by atoms with van der Waals surface area (Å²) in [6.45, 7) is -0.504. The average Bonchev–Trinajstić information content (AvgIpc) is 2.82. The van der Waals surface area contributed by atoms with Gasteiger partial charge in [0.05, 0.1) is 6.54 Å². The minimum atomic E-state index is -0.895. The zero-order valence-corrected chi connectivity index (χ0v) is 18.5. The number of aromatic nitrogens is 4. The number of hydrogen-bond acceptors (Lipinski definition) is 7. The molecule has 172 valence electrons. The van der Waals surface area contributed by atoms with Crippen molar-refractivity contribution in [1.82, 2.24) is 19.1 Å². The number of halogens is 1. The Bertz CT molecular complexity index is 1420. The van der Waals surface area contributed by atoms with E-state index >= 15 is 0 Å². The molecule has 34 heavy (non-hydrogen) atoms. The molecule has 2 heterocycles. The molecule has 11 heteroatoms. The van der Waals surface area contributed by atoms with E-state index < -0.39 is 23.8 Å². The Kier molecular flexibility index (Phi) is 6.69. The molecule has 0 unspecified atom stereocenters. The van der Waals surface area contributed by atoms with Crippen molar-refractivity contribution in [2.45, 2.75) is 13.1 Å². The molecule has 1 amide bonds. The molecule has 4 aromatic rings. The van der Waals surface area contributed by atoms with E-state index in [1.807, 2.05) is 6.07 Å². The fourth-order valence-electron chi connectivity index (χ4n) is 3.09. The van der Waals surface area contributed by atoms with Crippen LogP contribution in [0.5, 0.6) is 11.6 Å². The Labute approximate surface area is 198 Å². The largest absolute Gasteiger partial charge is 0.439 e. The molecule has 0 bridgehead atoms. The first-order valence-electron chi connectivity index (χ1n) is 10.1. The van der Waals surface area contributed by atoms with E-state index in [-0.39, 0.29) is 12.5 Å². The third kappa shape index (κ3) is 5.48. The fourth-order valence-corrected chi connectivity index (χ4v) is 3.22. The smallest absolute Gasteiger partial charge is 0.355 e. The van der Waals surface area contributed by atoms with Gasteiger partial charge < -0.3 is 15.8 Å². The number of nitrogens with zero attached hydrogens (tertiary/aromatic N) is 4. The molecule has 4 rings (SSSR count). The van der Waals surface area contributed by atoms with Crippen molar-refractivity contribution in [3.8, 4) is 11.6 Å². The van der Waals surface area contributed by atoms with Gasteiger partial charge in [0.15, 0.2) is 0 Å². The van der Waals surface area contributed by atoms with Gasteiger partial charge in [-0.15, -0.1) is 0 Å². The Hall–Kier alpha value is -4.44. The molecule has 3 N–H and O–H groups in total. The predicted octanol–water partition coefficient (Wildman–Crippen LogP) is 2.52. The van der Waals surface area contributed by atoms with Crippen molar-refractivity contribution >= 4 is 29.1 Å². The molecule has 10 nitrogen and oxygen atoms in total. The molecule has 0 aliphatic carbocycles. The summed E-state index contributed by atoms with van der Waals surface area (Å²) in [6.07, 6.45) is 1.62. The molecule has 0 saturated carbocycles. The first-order valence-corrected chi connectivity index (χ1v) is 10.5. The molecule has 0 fully saturated rings. The Morgan fingerprint density at radius 3 is 2.38 bits per heavy atom. The van der Waals surface area contributed by atoms with Gasteiger partial charge >= 0.3 is 11.4 Å². The van der Waals surface area contributed by atoms with Crippen LogP contribution >= 0.6 is 11.6 Å². The van der Waals surface area contributed by atoms with Crippen molar-refractivity contribution < 1.29 is 9.53 Å². The summed E-state index contributed by atoms with van der Waals surface area (Å²) in [5.74, 6) is 0.166. The maximum Gasteiger partial charge on any atom is 0.355 e. The maximum atomic E-state index is 13.1. The standard InChI is InChI=1S/C23H19ClN6O4/c24-16-6-4-15(5-7-16)13-29-21(28-22(32)30(23(29)33)14-19(25)31)27-17-8-10-18(11-9-17)34-20-3-1-2-12-26-20/h1-12H,13-14H2,(H2,25,31)(H,27,28,32). The zero-order chi connectivity index (χ0) is 24.1. The van der Waals surface area contributed by atoms with Crippen LogP contribution in [0.3, 0.4) is 0 Å². The van der Waals surface area contributed by atoms with E-state index in [2.05, 4.69) is 15.3 Å². The third-order valence-electron chi connectivity index (χ3n) is 4.69. The van der Waals surface area contributed by atoms with E-state index in [1.165, 1.54) is 4.57 Å². The highest BCUT2D eigenvalue weighted by molar-refractivity contribution is 6.30. The second-order valence-electron chi connectivity index (χ2n) is 7.19. The average molecular weight is 479 g/mol. The number of benzene rings is 2. The van der Waals surface area contributed by atoms with Gasteiger partial charge in [-0.2, -0.15) is 4.98 Å². The number of ether oxygens (including phenoxy) is 1. The van der Waals surface area contributed by atoms with Crippen LogP contribution in [0.25, 0.3) is 0 Å². The van der Waals surface area contributed by atoms with Crippen LogP contribution in [0, 0.1) is 0 Å². The lowest BCUT2D eigenvalue weighted by Gasteiger charge is -2.15. The van der Waals surface area contributed by atoms with E-state index in [1.54, 1.807) is 66.9 Å². The fraction of sp³-hybridized carbons (Fsp3) is 0.0870. The van der Waals surface area contributed by atoms with Gasteiger partial charge in [-0.05, 0) is 48.0 Å². The first-order chi connectivity index (χ1) is 16.4. The van der Waals surface area contributed by atoms with E-state index in [0.717, 1.165) is 5.56 Å². The number of hydrogen-bond donors (Lipinski definition) is 2. The molecule has 0 aliphatic rings. The molecule has 0 radical (unpaired) electrons. The number of rotatable bonds is 8. The number of anilines is 2. The van der Waals surface area contributed by atoms with Gasteiger partial charge in [-0.25, -0.2) is 19.1 Å². The number of pyridine rings is 1. The monoisotopic (exact) mass is 478 g/mol. The van der Waals surface area contributed by atoms with Crippen LogP contribution in [-0.4, -0.2) is 25.0 Å². The highest BCUT2D eigenvalue weighted by Gasteiger charge is 2.15. The lowest BCUT2D eigenvalue weighted by atomic mass is 10.2. The normalized spacial score (nSPS) is 10.6. The highest BCUT2D eigenvalue weighted by atomic mass is 35.5. The minimum Gasteiger partial charge on any atom is -0.439 e. The predicted molar refractivity (Wildman–Crippen MR) is 127 cm³/mol. The zero-order valence-electron chi connectivity index (χ0n) is 17.7.